The fourth-order valence-electron chi connectivity index (χ4n) is 0.684. The van der Waals surface area contributed by atoms with E-state index in [1.165, 1.54) is 6.92 Å². The van der Waals surface area contributed by atoms with Crippen LogP contribution in [0.1, 0.15) is 20.3 Å². The van der Waals surface area contributed by atoms with Crippen LogP contribution < -0.4 is 0 Å². The molecule has 0 rings (SSSR count). The van der Waals surface area contributed by atoms with Crippen molar-refractivity contribution in [2.45, 2.75) is 20.3 Å². The Morgan fingerprint density at radius 1 is 1.00 bits per heavy atom. The largest absolute Gasteiger partial charge is 0.466 e. The zero-order valence-electron chi connectivity index (χ0n) is 8.78. The molecule has 0 saturated carbocycles. The van der Waals surface area contributed by atoms with Gasteiger partial charge >= 0.3 is 17.9 Å². The molecule has 0 atom stereocenters. The average molecular weight is 218 g/mol. The molecule has 0 aromatic rings. The van der Waals surface area contributed by atoms with Gasteiger partial charge in [-0.2, -0.15) is 0 Å². The van der Waals surface area contributed by atoms with Crippen LogP contribution in [0.5, 0.6) is 0 Å². The topological polar surface area (TPSA) is 78.9 Å². The molecular formula is C9H14O6. The first-order valence-corrected chi connectivity index (χ1v) is 4.50. The number of ether oxygens (including phenoxy) is 3. The van der Waals surface area contributed by atoms with E-state index in [1.54, 1.807) is 6.92 Å². The smallest absolute Gasteiger partial charge is 0.344 e. The van der Waals surface area contributed by atoms with Crippen LogP contribution in [0.15, 0.2) is 0 Å². The zero-order chi connectivity index (χ0) is 11.7. The van der Waals surface area contributed by atoms with Gasteiger partial charge in [0.2, 0.25) is 0 Å². The molecule has 86 valence electrons. The molecule has 6 heteroatoms. The van der Waals surface area contributed by atoms with Gasteiger partial charge in [0, 0.05) is 6.92 Å². The fourth-order valence-corrected chi connectivity index (χ4v) is 0.684. The van der Waals surface area contributed by atoms with Gasteiger partial charge in [-0.1, -0.05) is 0 Å². The second-order valence-corrected chi connectivity index (χ2v) is 2.56. The molecule has 0 bridgehead atoms. The van der Waals surface area contributed by atoms with Gasteiger partial charge in [0.15, 0.2) is 6.61 Å². The van der Waals surface area contributed by atoms with Crippen LogP contribution >= 0.6 is 0 Å². The van der Waals surface area contributed by atoms with Crippen molar-refractivity contribution < 1.29 is 28.6 Å². The first-order chi connectivity index (χ1) is 7.06. The van der Waals surface area contributed by atoms with Crippen molar-refractivity contribution in [3.8, 4) is 0 Å². The first-order valence-electron chi connectivity index (χ1n) is 4.50. The maximum atomic E-state index is 10.8. The first kappa shape index (κ1) is 13.4. The molecule has 0 radical (unpaired) electrons. The molecule has 0 aromatic heterocycles. The van der Waals surface area contributed by atoms with Crippen LogP contribution in [0.2, 0.25) is 0 Å². The highest BCUT2D eigenvalue weighted by molar-refractivity contribution is 5.75. The van der Waals surface area contributed by atoms with Crippen molar-refractivity contribution >= 4 is 17.9 Å². The second-order valence-electron chi connectivity index (χ2n) is 2.56. The third-order valence-electron chi connectivity index (χ3n) is 1.27. The predicted octanol–water partition coefficient (Wildman–Crippen LogP) is 0.0459. The third kappa shape index (κ3) is 8.73. The molecule has 0 fully saturated rings. The van der Waals surface area contributed by atoms with Gasteiger partial charge in [0.1, 0.15) is 6.61 Å². The van der Waals surface area contributed by atoms with Gasteiger partial charge in [-0.05, 0) is 6.92 Å². The van der Waals surface area contributed by atoms with Crippen molar-refractivity contribution in [2.75, 3.05) is 19.8 Å². The predicted molar refractivity (Wildman–Crippen MR) is 48.8 cm³/mol. The van der Waals surface area contributed by atoms with Crippen molar-refractivity contribution in [1.29, 1.82) is 0 Å². The van der Waals surface area contributed by atoms with Crippen molar-refractivity contribution in [3.63, 3.8) is 0 Å². The van der Waals surface area contributed by atoms with E-state index in [1.807, 2.05) is 0 Å². The Balaban J connectivity index is 3.46. The lowest BCUT2D eigenvalue weighted by atomic mass is 10.5. The summed E-state index contributed by atoms with van der Waals surface area (Å²) in [5.41, 5.74) is 0. The molecule has 0 aliphatic carbocycles. The van der Waals surface area contributed by atoms with Crippen molar-refractivity contribution in [1.82, 2.24) is 0 Å². The van der Waals surface area contributed by atoms with Crippen LogP contribution in [-0.2, 0) is 28.6 Å². The number of carbonyl (C=O) groups excluding carboxylic acids is 3. The van der Waals surface area contributed by atoms with Crippen LogP contribution in [0.4, 0.5) is 0 Å². The Hall–Kier alpha value is -1.59. The summed E-state index contributed by atoms with van der Waals surface area (Å²) in [6.07, 6.45) is -0.000346. The third-order valence-corrected chi connectivity index (χ3v) is 1.27. The average Bonchev–Trinajstić information content (AvgIpc) is 2.15. The molecule has 0 spiro atoms. The molecule has 6 nitrogen and oxygen atoms in total. The van der Waals surface area contributed by atoms with E-state index in [9.17, 15) is 14.4 Å². The number of hydrogen-bond acceptors (Lipinski definition) is 6. The lowest BCUT2D eigenvalue weighted by Crippen LogP contribution is -2.17. The Morgan fingerprint density at radius 2 is 1.67 bits per heavy atom. The highest BCUT2D eigenvalue weighted by Crippen LogP contribution is 1.89. The van der Waals surface area contributed by atoms with E-state index in [0.29, 0.717) is 6.61 Å². The Labute approximate surface area is 87.5 Å². The SMILES string of the molecule is CCOC(=O)CCOC(=O)COC(C)=O. The van der Waals surface area contributed by atoms with Crippen LogP contribution in [0.25, 0.3) is 0 Å². The van der Waals surface area contributed by atoms with Gasteiger partial charge in [-0.3, -0.25) is 9.59 Å². The van der Waals surface area contributed by atoms with Gasteiger partial charge in [0.25, 0.3) is 0 Å². The summed E-state index contributed by atoms with van der Waals surface area (Å²) in [5, 5.41) is 0. The number of rotatable bonds is 6. The molecule has 0 saturated heterocycles. The second kappa shape index (κ2) is 7.78. The molecule has 0 aliphatic rings. The lowest BCUT2D eigenvalue weighted by Gasteiger charge is -2.04. The van der Waals surface area contributed by atoms with Crippen LogP contribution in [0, 0.1) is 0 Å². The maximum absolute atomic E-state index is 10.8. The standard InChI is InChI=1S/C9H14O6/c1-3-13-8(11)4-5-14-9(12)6-15-7(2)10/h3-6H2,1-2H3. The summed E-state index contributed by atoms with van der Waals surface area (Å²) >= 11 is 0. The highest BCUT2D eigenvalue weighted by Gasteiger charge is 2.07. The summed E-state index contributed by atoms with van der Waals surface area (Å²) < 4.78 is 13.6. The normalized spacial score (nSPS) is 9.20. The maximum Gasteiger partial charge on any atom is 0.344 e. The summed E-state index contributed by atoms with van der Waals surface area (Å²) in [5.74, 6) is -1.68. The van der Waals surface area contributed by atoms with Gasteiger partial charge in [-0.25, -0.2) is 4.79 Å². The van der Waals surface area contributed by atoms with Gasteiger partial charge in [-0.15, -0.1) is 0 Å². The minimum atomic E-state index is -0.686. The van der Waals surface area contributed by atoms with E-state index in [4.69, 9.17) is 0 Å². The van der Waals surface area contributed by atoms with Crippen molar-refractivity contribution in [3.05, 3.63) is 0 Å². The highest BCUT2D eigenvalue weighted by atomic mass is 16.6. The summed E-state index contributed by atoms with van der Waals surface area (Å²) in [4.78, 5) is 31.9. The molecule has 0 N–H and O–H groups in total. The molecule has 0 aromatic carbocycles. The Morgan fingerprint density at radius 3 is 2.20 bits per heavy atom. The minimum absolute atomic E-state index is 0.000346. The summed E-state index contributed by atoms with van der Waals surface area (Å²) in [6, 6.07) is 0. The number of hydrogen-bond donors (Lipinski definition) is 0. The quantitative estimate of drug-likeness (QED) is 0.463. The van der Waals surface area contributed by atoms with Crippen LogP contribution in [0.3, 0.4) is 0 Å². The minimum Gasteiger partial charge on any atom is -0.466 e. The molecule has 0 unspecified atom stereocenters. The van der Waals surface area contributed by atoms with E-state index in [2.05, 4.69) is 14.2 Å². The number of esters is 3. The van der Waals surface area contributed by atoms with Gasteiger partial charge in [0.05, 0.1) is 13.0 Å². The van der Waals surface area contributed by atoms with Crippen molar-refractivity contribution in [2.24, 2.45) is 0 Å². The van der Waals surface area contributed by atoms with E-state index >= 15 is 0 Å². The molecule has 15 heavy (non-hydrogen) atoms. The summed E-state index contributed by atoms with van der Waals surface area (Å²) in [7, 11) is 0. The monoisotopic (exact) mass is 218 g/mol. The molecular weight excluding hydrogens is 204 g/mol. The van der Waals surface area contributed by atoms with E-state index < -0.39 is 24.5 Å². The molecule has 0 amide bonds. The van der Waals surface area contributed by atoms with Gasteiger partial charge < -0.3 is 14.2 Å². The zero-order valence-corrected chi connectivity index (χ0v) is 8.78. The fraction of sp³-hybridized carbons (Fsp3) is 0.667. The van der Waals surface area contributed by atoms with E-state index in [0.717, 1.165) is 0 Å². The van der Waals surface area contributed by atoms with E-state index in [-0.39, 0.29) is 13.0 Å². The lowest BCUT2D eigenvalue weighted by molar-refractivity contribution is -0.159. The Bertz CT molecular complexity index is 235. The molecule has 0 heterocycles. The van der Waals surface area contributed by atoms with Crippen LogP contribution in [-0.4, -0.2) is 37.7 Å². The number of carbonyl (C=O) groups is 3. The summed E-state index contributed by atoms with van der Waals surface area (Å²) in [6.45, 7) is 2.66. The Kier molecular flexibility index (Phi) is 6.96. The molecule has 0 aliphatic heterocycles.